The summed E-state index contributed by atoms with van der Waals surface area (Å²) < 4.78 is 54.4. The van der Waals surface area contributed by atoms with Crippen molar-refractivity contribution < 1.29 is 29.2 Å². The van der Waals surface area contributed by atoms with Crippen LogP contribution in [0.5, 0.6) is 0 Å². The van der Waals surface area contributed by atoms with E-state index in [1.54, 1.807) is 0 Å². The van der Waals surface area contributed by atoms with Crippen molar-refractivity contribution in [2.24, 2.45) is 0 Å². The minimum atomic E-state index is -0.534. The van der Waals surface area contributed by atoms with Gasteiger partial charge in [-0.05, 0) is 0 Å². The Kier molecular flexibility index (Phi) is 3.40. The number of hydrogen-bond donors (Lipinski definition) is 0. The van der Waals surface area contributed by atoms with Crippen LogP contribution in [0.25, 0.3) is 0 Å². The molecule has 0 saturated carbocycles. The van der Waals surface area contributed by atoms with Crippen LogP contribution in [0, 0.1) is 0 Å². The highest BCUT2D eigenvalue weighted by Crippen LogP contribution is 2.26. The molecular formula is C10H20O5. The molecule has 0 aromatic heterocycles. The lowest BCUT2D eigenvalue weighted by atomic mass is 10.1. The maximum absolute atomic E-state index is 7.14. The zero-order valence-electron chi connectivity index (χ0n) is 12.6. The van der Waals surface area contributed by atoms with E-state index < -0.39 is 24.4 Å². The normalized spacial score (nSPS) is 39.5. The van der Waals surface area contributed by atoms with Crippen molar-refractivity contribution in [2.75, 3.05) is 41.6 Å². The molecule has 0 radical (unpaired) electrons. The zero-order chi connectivity index (χ0) is 14.1. The average molecular weight is 224 g/mol. The summed E-state index contributed by atoms with van der Waals surface area (Å²) >= 11 is 0. The lowest BCUT2D eigenvalue weighted by molar-refractivity contribution is -0.0588. The van der Waals surface area contributed by atoms with Gasteiger partial charge in [-0.3, -0.25) is 0 Å². The minimum Gasteiger partial charge on any atom is -0.382 e. The molecular weight excluding hydrogens is 200 g/mol. The number of methoxy groups -OCH3 is 4. The Morgan fingerprint density at radius 3 is 1.87 bits per heavy atom. The smallest absolute Gasteiger partial charge is 0.114 e. The van der Waals surface area contributed by atoms with Gasteiger partial charge < -0.3 is 23.7 Å². The van der Waals surface area contributed by atoms with E-state index in [0.29, 0.717) is 0 Å². The maximum atomic E-state index is 7.14. The van der Waals surface area contributed by atoms with E-state index in [4.69, 9.17) is 29.2 Å². The van der Waals surface area contributed by atoms with Crippen LogP contribution in [0.4, 0.5) is 0 Å². The highest BCUT2D eigenvalue weighted by atomic mass is 16.6. The van der Waals surface area contributed by atoms with Crippen LogP contribution in [-0.4, -0.2) is 66.0 Å². The van der Waals surface area contributed by atoms with Crippen molar-refractivity contribution in [3.8, 4) is 0 Å². The summed E-state index contributed by atoms with van der Waals surface area (Å²) in [6, 6.07) is 0. The Morgan fingerprint density at radius 2 is 1.47 bits per heavy atom. The van der Waals surface area contributed by atoms with Crippen molar-refractivity contribution in [1.82, 2.24) is 0 Å². The second-order valence-corrected chi connectivity index (χ2v) is 3.22. The van der Waals surface area contributed by atoms with Crippen LogP contribution in [0.2, 0.25) is 0 Å². The number of hydrogen-bond acceptors (Lipinski definition) is 5. The van der Waals surface area contributed by atoms with Crippen molar-refractivity contribution in [1.29, 1.82) is 0 Å². The molecule has 15 heavy (non-hydrogen) atoms. The minimum absolute atomic E-state index is 0.156. The van der Waals surface area contributed by atoms with Gasteiger partial charge in [0.25, 0.3) is 0 Å². The summed E-state index contributed by atoms with van der Waals surface area (Å²) in [5.41, 5.74) is 0. The second-order valence-electron chi connectivity index (χ2n) is 3.22. The van der Waals surface area contributed by atoms with E-state index in [-0.39, 0.29) is 41.6 Å². The van der Waals surface area contributed by atoms with E-state index >= 15 is 0 Å². The molecule has 1 fully saturated rings. The molecule has 0 aromatic rings. The van der Waals surface area contributed by atoms with E-state index in [1.807, 2.05) is 0 Å². The molecule has 1 saturated heterocycles. The predicted molar refractivity (Wildman–Crippen MR) is 54.0 cm³/mol. The highest BCUT2D eigenvalue weighted by Gasteiger charge is 2.45. The first kappa shape index (κ1) is 7.97. The van der Waals surface area contributed by atoms with Crippen LogP contribution in [0.15, 0.2) is 0 Å². The molecule has 0 bridgehead atoms. The second kappa shape index (κ2) is 6.40. The molecule has 0 amide bonds. The van der Waals surface area contributed by atoms with Gasteiger partial charge >= 0.3 is 0 Å². The van der Waals surface area contributed by atoms with Gasteiger partial charge in [-0.25, -0.2) is 0 Å². The first-order chi connectivity index (χ1) is 9.28. The van der Waals surface area contributed by atoms with Gasteiger partial charge in [-0.2, -0.15) is 0 Å². The maximum Gasteiger partial charge on any atom is 0.114 e. The zero-order valence-corrected chi connectivity index (χ0v) is 8.59. The molecule has 0 N–H and O–H groups in total. The summed E-state index contributed by atoms with van der Waals surface area (Å²) in [6.07, 6.45) is -2.00. The lowest BCUT2D eigenvalue weighted by Gasteiger charge is -2.20. The third-order valence-electron chi connectivity index (χ3n) is 2.36. The molecule has 0 aliphatic carbocycles. The van der Waals surface area contributed by atoms with Crippen LogP contribution >= 0.6 is 0 Å². The first-order valence-electron chi connectivity index (χ1n) is 7.32. The van der Waals surface area contributed by atoms with E-state index in [1.165, 1.54) is 0 Å². The Balaban J connectivity index is 2.65. The Hall–Kier alpha value is -0.200. The van der Waals surface area contributed by atoms with Crippen molar-refractivity contribution >= 4 is 0 Å². The van der Waals surface area contributed by atoms with E-state index in [2.05, 4.69) is 0 Å². The molecule has 1 aliphatic heterocycles. The van der Waals surface area contributed by atoms with Crippen LogP contribution < -0.4 is 0 Å². The fourth-order valence-electron chi connectivity index (χ4n) is 1.71. The van der Waals surface area contributed by atoms with Gasteiger partial charge in [0.2, 0.25) is 0 Å². The van der Waals surface area contributed by atoms with Gasteiger partial charge in [0.15, 0.2) is 0 Å². The first-order valence-corrected chi connectivity index (χ1v) is 4.49. The Labute approximate surface area is 96.2 Å². The van der Waals surface area contributed by atoms with Gasteiger partial charge in [0.1, 0.15) is 24.4 Å². The van der Waals surface area contributed by atoms with Gasteiger partial charge in [-0.1, -0.05) is 0 Å². The standard InChI is InChI=1S/C10H20O5/c1-11-5-7-9(13-3)10(14-4)8(15-7)6-12-2/h7-10H,5-6H2,1-4H3/t7-,8+,9-,10-/m1/s1/i1D,2D,3D,4D. The molecule has 1 heterocycles. The summed E-state index contributed by atoms with van der Waals surface area (Å²) in [7, 11) is -0.888. The fraction of sp³-hybridized carbons (Fsp3) is 1.00. The number of rotatable bonds is 6. The number of ether oxygens (including phenoxy) is 5. The molecule has 1 rings (SSSR count). The van der Waals surface area contributed by atoms with Crippen LogP contribution in [0.1, 0.15) is 5.48 Å². The molecule has 90 valence electrons. The SMILES string of the molecule is [2H]COC[C@@H]1O[C@H](COC[2H])[C@@H](OC[2H])[C@@H]1OC[2H]. The molecule has 1 aliphatic rings. The molecule has 0 spiro atoms. The average Bonchev–Trinajstić information content (AvgIpc) is 2.73. The van der Waals surface area contributed by atoms with Crippen molar-refractivity contribution in [3.05, 3.63) is 0 Å². The molecule has 4 atom stereocenters. The van der Waals surface area contributed by atoms with Crippen LogP contribution in [-0.2, 0) is 23.7 Å². The summed E-state index contributed by atoms with van der Waals surface area (Å²) in [5, 5.41) is 0. The van der Waals surface area contributed by atoms with Gasteiger partial charge in [-0.15, -0.1) is 0 Å². The summed E-state index contributed by atoms with van der Waals surface area (Å²) in [6.45, 7) is 0.312. The lowest BCUT2D eigenvalue weighted by Crippen LogP contribution is -2.38. The topological polar surface area (TPSA) is 46.2 Å². The third-order valence-corrected chi connectivity index (χ3v) is 2.36. The molecule has 0 unspecified atom stereocenters. The molecule has 5 heteroatoms. The molecule has 0 aromatic carbocycles. The van der Waals surface area contributed by atoms with E-state index in [9.17, 15) is 0 Å². The largest absolute Gasteiger partial charge is 0.382 e. The Morgan fingerprint density at radius 1 is 0.933 bits per heavy atom. The van der Waals surface area contributed by atoms with E-state index in [0.717, 1.165) is 0 Å². The highest BCUT2D eigenvalue weighted by molar-refractivity contribution is 4.92. The summed E-state index contributed by atoms with van der Waals surface area (Å²) in [5.74, 6) is 0. The third kappa shape index (κ3) is 2.89. The van der Waals surface area contributed by atoms with Crippen molar-refractivity contribution in [2.45, 2.75) is 24.4 Å². The predicted octanol–water partition coefficient (Wildman–Crippen LogP) is 0.0766. The quantitative estimate of drug-likeness (QED) is 0.639. The van der Waals surface area contributed by atoms with Gasteiger partial charge in [0, 0.05) is 28.3 Å². The van der Waals surface area contributed by atoms with Crippen LogP contribution in [0.3, 0.4) is 0 Å². The molecule has 5 nitrogen and oxygen atoms in total. The van der Waals surface area contributed by atoms with Gasteiger partial charge in [0.05, 0.1) is 18.7 Å². The summed E-state index contributed by atoms with van der Waals surface area (Å²) in [4.78, 5) is 0. The fourth-order valence-corrected chi connectivity index (χ4v) is 1.71. The van der Waals surface area contributed by atoms with Crippen molar-refractivity contribution in [3.63, 3.8) is 0 Å². The monoisotopic (exact) mass is 224 g/mol. The Bertz CT molecular complexity index is 214.